The van der Waals surface area contributed by atoms with Crippen molar-refractivity contribution in [2.24, 2.45) is 5.92 Å². The van der Waals surface area contributed by atoms with Crippen LogP contribution in [0.25, 0.3) is 0 Å². The molecule has 1 aromatic carbocycles. The number of carbonyl (C=O) groups is 2. The summed E-state index contributed by atoms with van der Waals surface area (Å²) in [5.41, 5.74) is 0.797. The highest BCUT2D eigenvalue weighted by Gasteiger charge is 2.33. The summed E-state index contributed by atoms with van der Waals surface area (Å²) in [4.78, 5) is 23.8. The molecule has 0 aromatic heterocycles. The van der Waals surface area contributed by atoms with Gasteiger partial charge < -0.3 is 10.0 Å². The third kappa shape index (κ3) is 2.61. The van der Waals surface area contributed by atoms with Crippen molar-refractivity contribution >= 4 is 11.9 Å². The Morgan fingerprint density at radius 2 is 2.06 bits per heavy atom. The summed E-state index contributed by atoms with van der Waals surface area (Å²) in [5, 5.41) is 8.82. The predicted molar refractivity (Wildman–Crippen MR) is 57.6 cm³/mol. The van der Waals surface area contributed by atoms with Gasteiger partial charge >= 0.3 is 5.97 Å². The van der Waals surface area contributed by atoms with Gasteiger partial charge in [-0.3, -0.25) is 9.59 Å². The molecular weight excluding hydrogens is 225 g/mol. The van der Waals surface area contributed by atoms with E-state index in [1.54, 1.807) is 12.1 Å². The first-order valence-corrected chi connectivity index (χ1v) is 5.31. The number of carbonyl (C=O) groups excluding carboxylic acids is 1. The highest BCUT2D eigenvalue weighted by molar-refractivity contribution is 5.86. The van der Waals surface area contributed by atoms with E-state index in [-0.39, 0.29) is 24.7 Å². The lowest BCUT2D eigenvalue weighted by molar-refractivity contribution is -0.141. The number of likely N-dealkylation sites (tertiary alicyclic amines) is 1. The Labute approximate surface area is 97.7 Å². The van der Waals surface area contributed by atoms with Gasteiger partial charge in [0.25, 0.3) is 0 Å². The van der Waals surface area contributed by atoms with Crippen LogP contribution in [0.3, 0.4) is 0 Å². The second-order valence-corrected chi connectivity index (χ2v) is 4.14. The normalized spacial score (nSPS) is 19.7. The molecule has 0 spiro atoms. The van der Waals surface area contributed by atoms with E-state index in [1.807, 2.05) is 0 Å². The summed E-state index contributed by atoms with van der Waals surface area (Å²) >= 11 is 0. The number of carboxylic acid groups (broad SMARTS) is 1. The van der Waals surface area contributed by atoms with Gasteiger partial charge in [-0.25, -0.2) is 4.39 Å². The Morgan fingerprint density at radius 1 is 1.41 bits per heavy atom. The van der Waals surface area contributed by atoms with Crippen molar-refractivity contribution in [2.45, 2.75) is 13.0 Å². The molecule has 1 amide bonds. The third-order valence-electron chi connectivity index (χ3n) is 2.85. The number of nitrogens with zero attached hydrogens (tertiary/aromatic N) is 1. The summed E-state index contributed by atoms with van der Waals surface area (Å²) in [5.74, 6) is -2.06. The van der Waals surface area contributed by atoms with Crippen molar-refractivity contribution in [2.75, 3.05) is 6.54 Å². The molecule has 1 saturated heterocycles. The van der Waals surface area contributed by atoms with Crippen LogP contribution in [0.2, 0.25) is 0 Å². The first-order valence-electron chi connectivity index (χ1n) is 5.31. The minimum absolute atomic E-state index is 0.0521. The molecule has 1 aliphatic heterocycles. The minimum atomic E-state index is -0.944. The molecule has 5 heteroatoms. The van der Waals surface area contributed by atoms with E-state index in [4.69, 9.17) is 5.11 Å². The fourth-order valence-corrected chi connectivity index (χ4v) is 1.90. The number of carboxylic acids is 1. The van der Waals surface area contributed by atoms with Gasteiger partial charge in [-0.2, -0.15) is 0 Å². The zero-order valence-electron chi connectivity index (χ0n) is 9.10. The van der Waals surface area contributed by atoms with Gasteiger partial charge in [-0.05, 0) is 17.7 Å². The van der Waals surface area contributed by atoms with Crippen LogP contribution < -0.4 is 0 Å². The number of hydrogen-bond acceptors (Lipinski definition) is 2. The topological polar surface area (TPSA) is 57.6 Å². The average molecular weight is 237 g/mol. The Hall–Kier alpha value is -1.91. The molecule has 0 unspecified atom stereocenters. The van der Waals surface area contributed by atoms with Gasteiger partial charge in [0, 0.05) is 19.5 Å². The summed E-state index contributed by atoms with van der Waals surface area (Å²) in [7, 11) is 0. The molecule has 1 heterocycles. The number of rotatable bonds is 3. The van der Waals surface area contributed by atoms with Crippen molar-refractivity contribution in [1.82, 2.24) is 4.90 Å². The molecule has 2 rings (SSSR count). The molecule has 1 aliphatic rings. The third-order valence-corrected chi connectivity index (χ3v) is 2.85. The molecular formula is C12H12FNO3. The maximum Gasteiger partial charge on any atom is 0.308 e. The lowest BCUT2D eigenvalue weighted by Gasteiger charge is -2.15. The first kappa shape index (κ1) is 11.6. The van der Waals surface area contributed by atoms with E-state index in [2.05, 4.69) is 0 Å². The van der Waals surface area contributed by atoms with Gasteiger partial charge in [0.2, 0.25) is 5.91 Å². The Balaban J connectivity index is 2.02. The van der Waals surface area contributed by atoms with Crippen molar-refractivity contribution in [1.29, 1.82) is 0 Å². The van der Waals surface area contributed by atoms with Crippen molar-refractivity contribution < 1.29 is 19.1 Å². The number of amides is 1. The van der Waals surface area contributed by atoms with Gasteiger partial charge in [0.1, 0.15) is 5.82 Å². The molecule has 1 fully saturated rings. The van der Waals surface area contributed by atoms with Crippen LogP contribution in [0.15, 0.2) is 24.3 Å². The van der Waals surface area contributed by atoms with E-state index in [1.165, 1.54) is 17.0 Å². The number of halogens is 1. The van der Waals surface area contributed by atoms with Gasteiger partial charge in [-0.15, -0.1) is 0 Å². The van der Waals surface area contributed by atoms with Gasteiger partial charge in [-0.1, -0.05) is 12.1 Å². The molecule has 1 N–H and O–H groups in total. The van der Waals surface area contributed by atoms with E-state index in [0.29, 0.717) is 6.54 Å². The fourth-order valence-electron chi connectivity index (χ4n) is 1.90. The molecule has 4 nitrogen and oxygen atoms in total. The molecule has 0 saturated carbocycles. The predicted octanol–water partition coefficient (Wildman–Crippen LogP) is 1.26. The molecule has 0 aliphatic carbocycles. The molecule has 1 aromatic rings. The maximum atomic E-state index is 12.7. The smallest absolute Gasteiger partial charge is 0.308 e. The lowest BCUT2D eigenvalue weighted by atomic mass is 10.1. The number of benzene rings is 1. The SMILES string of the molecule is O=C(O)[C@H]1CC(=O)N(Cc2ccc(F)cc2)C1. The zero-order valence-corrected chi connectivity index (χ0v) is 9.10. The van der Waals surface area contributed by atoms with Crippen LogP contribution in [-0.2, 0) is 16.1 Å². The highest BCUT2D eigenvalue weighted by atomic mass is 19.1. The van der Waals surface area contributed by atoms with E-state index >= 15 is 0 Å². The Morgan fingerprint density at radius 3 is 2.59 bits per heavy atom. The Bertz CT molecular complexity index is 444. The van der Waals surface area contributed by atoms with Gasteiger partial charge in [0.05, 0.1) is 5.92 Å². The van der Waals surface area contributed by atoms with Crippen LogP contribution in [-0.4, -0.2) is 28.4 Å². The average Bonchev–Trinajstić information content (AvgIpc) is 2.64. The van der Waals surface area contributed by atoms with E-state index in [0.717, 1.165) is 5.56 Å². The van der Waals surface area contributed by atoms with Crippen LogP contribution in [0, 0.1) is 11.7 Å². The number of aliphatic carboxylic acids is 1. The van der Waals surface area contributed by atoms with Crippen LogP contribution in [0.4, 0.5) is 4.39 Å². The van der Waals surface area contributed by atoms with E-state index < -0.39 is 11.9 Å². The molecule has 0 bridgehead atoms. The minimum Gasteiger partial charge on any atom is -0.481 e. The molecule has 1 atom stereocenters. The summed E-state index contributed by atoms with van der Waals surface area (Å²) in [6, 6.07) is 5.84. The van der Waals surface area contributed by atoms with Crippen LogP contribution in [0.1, 0.15) is 12.0 Å². The Kier molecular flexibility index (Phi) is 3.08. The molecule has 17 heavy (non-hydrogen) atoms. The highest BCUT2D eigenvalue weighted by Crippen LogP contribution is 2.20. The molecule has 0 radical (unpaired) electrons. The quantitative estimate of drug-likeness (QED) is 0.861. The second-order valence-electron chi connectivity index (χ2n) is 4.14. The zero-order chi connectivity index (χ0) is 12.4. The molecule has 90 valence electrons. The summed E-state index contributed by atoms with van der Waals surface area (Å²) in [6.07, 6.45) is 0.0521. The first-order chi connectivity index (χ1) is 8.06. The van der Waals surface area contributed by atoms with Crippen molar-refractivity contribution in [3.63, 3.8) is 0 Å². The monoisotopic (exact) mass is 237 g/mol. The fraction of sp³-hybridized carbons (Fsp3) is 0.333. The lowest BCUT2D eigenvalue weighted by Crippen LogP contribution is -2.25. The largest absolute Gasteiger partial charge is 0.481 e. The van der Waals surface area contributed by atoms with Gasteiger partial charge in [0.15, 0.2) is 0 Å². The van der Waals surface area contributed by atoms with Crippen molar-refractivity contribution in [3.05, 3.63) is 35.6 Å². The van der Waals surface area contributed by atoms with Crippen LogP contribution in [0.5, 0.6) is 0 Å². The second kappa shape index (κ2) is 4.53. The summed E-state index contributed by atoms with van der Waals surface area (Å²) in [6.45, 7) is 0.564. The maximum absolute atomic E-state index is 12.7. The standard InChI is InChI=1S/C12H12FNO3/c13-10-3-1-8(2-4-10)6-14-7-9(12(16)17)5-11(14)15/h1-4,9H,5-7H2,(H,16,17)/t9-/m0/s1. The summed E-state index contributed by atoms with van der Waals surface area (Å²) < 4.78 is 12.7. The number of hydrogen-bond donors (Lipinski definition) is 1. The van der Waals surface area contributed by atoms with Crippen LogP contribution >= 0.6 is 0 Å². The van der Waals surface area contributed by atoms with Crippen molar-refractivity contribution in [3.8, 4) is 0 Å². The van der Waals surface area contributed by atoms with E-state index in [9.17, 15) is 14.0 Å².